The summed E-state index contributed by atoms with van der Waals surface area (Å²) in [6.45, 7) is 4.39. The minimum atomic E-state index is -0.232. The van der Waals surface area contributed by atoms with Crippen molar-refractivity contribution in [1.29, 1.82) is 0 Å². The predicted molar refractivity (Wildman–Crippen MR) is 101 cm³/mol. The van der Waals surface area contributed by atoms with Gasteiger partial charge in [-0.05, 0) is 48.6 Å². The van der Waals surface area contributed by atoms with Crippen LogP contribution in [0.5, 0.6) is 0 Å². The lowest BCUT2D eigenvalue weighted by Gasteiger charge is -2.27. The molecule has 1 saturated carbocycles. The molecule has 25 heavy (non-hydrogen) atoms. The summed E-state index contributed by atoms with van der Waals surface area (Å²) in [7, 11) is 0. The summed E-state index contributed by atoms with van der Waals surface area (Å²) in [6, 6.07) is 7.14. The Hall–Kier alpha value is -2.16. The number of halogens is 1. The van der Waals surface area contributed by atoms with E-state index < -0.39 is 0 Å². The van der Waals surface area contributed by atoms with Crippen LogP contribution in [0.1, 0.15) is 69.2 Å². The number of benzene rings is 1. The fourth-order valence-electron chi connectivity index (χ4n) is 4.00. The van der Waals surface area contributed by atoms with E-state index in [0.29, 0.717) is 12.0 Å². The maximum absolute atomic E-state index is 13.3. The summed E-state index contributed by atoms with van der Waals surface area (Å²) >= 11 is 0. The molecule has 0 spiro atoms. The second kappa shape index (κ2) is 7.81. The normalized spacial score (nSPS) is 16.0. The molecule has 1 aromatic heterocycles. The van der Waals surface area contributed by atoms with Crippen LogP contribution in [0.3, 0.4) is 0 Å². The van der Waals surface area contributed by atoms with E-state index in [1.54, 1.807) is 6.08 Å². The van der Waals surface area contributed by atoms with Gasteiger partial charge in [0.15, 0.2) is 0 Å². The Morgan fingerprint density at radius 2 is 1.80 bits per heavy atom. The minimum Gasteiger partial charge on any atom is -0.347 e. The van der Waals surface area contributed by atoms with E-state index in [-0.39, 0.29) is 5.82 Å². The number of hydrogen-bond acceptors (Lipinski definition) is 1. The molecular weight excluding hydrogens is 313 g/mol. The fraction of sp³-hybridized carbons (Fsp3) is 0.409. The van der Waals surface area contributed by atoms with Crippen LogP contribution in [0, 0.1) is 5.82 Å². The van der Waals surface area contributed by atoms with Gasteiger partial charge in [-0.3, -0.25) is 4.79 Å². The number of carbonyl (C=O) groups is 1. The lowest BCUT2D eigenvalue weighted by atomic mass is 9.94. The summed E-state index contributed by atoms with van der Waals surface area (Å²) in [5.74, 6) is 0.118. The zero-order valence-electron chi connectivity index (χ0n) is 15.0. The summed E-state index contributed by atoms with van der Waals surface area (Å²) in [4.78, 5) is 10.9. The Balaban J connectivity index is 2.16. The molecule has 1 aliphatic rings. The third kappa shape index (κ3) is 3.76. The van der Waals surface area contributed by atoms with E-state index in [0.717, 1.165) is 23.0 Å². The number of allylic oxidation sites excluding steroid dienone is 1. The van der Waals surface area contributed by atoms with Crippen molar-refractivity contribution in [1.82, 2.24) is 4.57 Å². The Labute approximate surface area is 149 Å². The van der Waals surface area contributed by atoms with Crippen LogP contribution in [0.2, 0.25) is 0 Å². The van der Waals surface area contributed by atoms with E-state index in [4.69, 9.17) is 0 Å². The molecule has 0 bridgehead atoms. The Morgan fingerprint density at radius 1 is 1.12 bits per heavy atom. The van der Waals surface area contributed by atoms with Crippen molar-refractivity contribution in [3.05, 3.63) is 53.6 Å². The van der Waals surface area contributed by atoms with E-state index in [1.165, 1.54) is 49.9 Å². The smallest absolute Gasteiger partial charge is 0.142 e. The lowest BCUT2D eigenvalue weighted by Crippen LogP contribution is -2.15. The highest BCUT2D eigenvalue weighted by molar-refractivity contribution is 5.82. The van der Waals surface area contributed by atoms with Gasteiger partial charge in [-0.1, -0.05) is 45.2 Å². The molecule has 2 aromatic rings. The van der Waals surface area contributed by atoms with Crippen LogP contribution >= 0.6 is 0 Å². The zero-order valence-corrected chi connectivity index (χ0v) is 15.0. The first-order valence-corrected chi connectivity index (χ1v) is 9.24. The van der Waals surface area contributed by atoms with Gasteiger partial charge in [0.1, 0.15) is 12.1 Å². The van der Waals surface area contributed by atoms with Crippen molar-refractivity contribution >= 4 is 12.4 Å². The van der Waals surface area contributed by atoms with Gasteiger partial charge in [0.2, 0.25) is 0 Å². The predicted octanol–water partition coefficient (Wildman–Crippen LogP) is 6.13. The number of nitrogens with zero attached hydrogens (tertiary/aromatic N) is 1. The zero-order chi connectivity index (χ0) is 17.8. The summed E-state index contributed by atoms with van der Waals surface area (Å²) in [6.07, 6.45) is 12.7. The molecule has 0 amide bonds. The van der Waals surface area contributed by atoms with Gasteiger partial charge in [0.25, 0.3) is 0 Å². The molecule has 3 heteroatoms. The van der Waals surface area contributed by atoms with Crippen LogP contribution in [0.4, 0.5) is 4.39 Å². The maximum Gasteiger partial charge on any atom is 0.142 e. The van der Waals surface area contributed by atoms with Gasteiger partial charge in [0.05, 0.1) is 0 Å². The van der Waals surface area contributed by atoms with Gasteiger partial charge in [0, 0.05) is 29.1 Å². The van der Waals surface area contributed by atoms with Gasteiger partial charge >= 0.3 is 0 Å². The van der Waals surface area contributed by atoms with Crippen molar-refractivity contribution in [2.24, 2.45) is 0 Å². The molecule has 0 radical (unpaired) electrons. The van der Waals surface area contributed by atoms with Crippen LogP contribution < -0.4 is 0 Å². The summed E-state index contributed by atoms with van der Waals surface area (Å²) in [5, 5.41) is 0. The van der Waals surface area contributed by atoms with Gasteiger partial charge in [-0.15, -0.1) is 0 Å². The molecule has 3 rings (SSSR count). The third-order valence-corrected chi connectivity index (χ3v) is 5.12. The van der Waals surface area contributed by atoms with Crippen molar-refractivity contribution in [3.63, 3.8) is 0 Å². The van der Waals surface area contributed by atoms with Gasteiger partial charge in [-0.2, -0.15) is 0 Å². The van der Waals surface area contributed by atoms with E-state index in [2.05, 4.69) is 24.6 Å². The molecule has 1 fully saturated rings. The number of carbonyl (C=O) groups excluding carboxylic acids is 1. The molecule has 0 unspecified atom stereocenters. The van der Waals surface area contributed by atoms with Crippen molar-refractivity contribution in [3.8, 4) is 11.1 Å². The average molecular weight is 339 g/mol. The average Bonchev–Trinajstić information content (AvgIpc) is 3.01. The number of aromatic nitrogens is 1. The fourth-order valence-corrected chi connectivity index (χ4v) is 4.00. The Bertz CT molecular complexity index is 749. The number of aldehydes is 1. The first-order valence-electron chi connectivity index (χ1n) is 9.24. The molecule has 0 atom stereocenters. The van der Waals surface area contributed by atoms with E-state index in [9.17, 15) is 9.18 Å². The lowest BCUT2D eigenvalue weighted by molar-refractivity contribution is -0.104. The molecular formula is C22H26FNO. The van der Waals surface area contributed by atoms with Crippen molar-refractivity contribution < 1.29 is 9.18 Å². The SMILES string of the molecule is CC(C)c1c(C=CC=O)c(-c2ccc(F)cc2)cn1C1CCCCC1. The highest BCUT2D eigenvalue weighted by atomic mass is 19.1. The molecule has 1 aliphatic carbocycles. The quantitative estimate of drug-likeness (QED) is 0.474. The van der Waals surface area contributed by atoms with Crippen LogP contribution in [-0.2, 0) is 4.79 Å². The topological polar surface area (TPSA) is 22.0 Å². The van der Waals surface area contributed by atoms with Crippen molar-refractivity contribution in [2.75, 3.05) is 0 Å². The minimum absolute atomic E-state index is 0.232. The Morgan fingerprint density at radius 3 is 2.40 bits per heavy atom. The first kappa shape index (κ1) is 17.7. The standard InChI is InChI=1S/C22H26FNO/c1-16(2)22-20(9-6-14-25)21(17-10-12-18(23)13-11-17)15-24(22)19-7-4-3-5-8-19/h6,9-16,19H,3-5,7-8H2,1-2H3. The number of rotatable bonds is 5. The molecule has 1 heterocycles. The molecule has 132 valence electrons. The van der Waals surface area contributed by atoms with Gasteiger partial charge in [-0.25, -0.2) is 4.39 Å². The second-order valence-electron chi connectivity index (χ2n) is 7.20. The summed E-state index contributed by atoms with van der Waals surface area (Å²) < 4.78 is 15.8. The van der Waals surface area contributed by atoms with Crippen LogP contribution in [-0.4, -0.2) is 10.9 Å². The second-order valence-corrected chi connectivity index (χ2v) is 7.20. The third-order valence-electron chi connectivity index (χ3n) is 5.12. The molecule has 0 aliphatic heterocycles. The molecule has 0 saturated heterocycles. The highest BCUT2D eigenvalue weighted by Gasteiger charge is 2.23. The monoisotopic (exact) mass is 339 g/mol. The largest absolute Gasteiger partial charge is 0.347 e. The van der Waals surface area contributed by atoms with Crippen LogP contribution in [0.25, 0.3) is 17.2 Å². The molecule has 0 N–H and O–H groups in total. The summed E-state index contributed by atoms with van der Waals surface area (Å²) in [5.41, 5.74) is 4.42. The van der Waals surface area contributed by atoms with E-state index in [1.807, 2.05) is 18.2 Å². The van der Waals surface area contributed by atoms with Gasteiger partial charge < -0.3 is 4.57 Å². The first-order chi connectivity index (χ1) is 12.1. The molecule has 1 aromatic carbocycles. The maximum atomic E-state index is 13.3. The van der Waals surface area contributed by atoms with Crippen LogP contribution in [0.15, 0.2) is 36.5 Å². The van der Waals surface area contributed by atoms with E-state index >= 15 is 0 Å². The van der Waals surface area contributed by atoms with Crippen molar-refractivity contribution in [2.45, 2.75) is 57.9 Å². The number of hydrogen-bond donors (Lipinski definition) is 0. The Kier molecular flexibility index (Phi) is 5.52. The highest BCUT2D eigenvalue weighted by Crippen LogP contribution is 2.39. The molecule has 2 nitrogen and oxygen atoms in total.